The second-order valence-electron chi connectivity index (χ2n) is 8.88. The zero-order valence-electron chi connectivity index (χ0n) is 20.5. The first-order valence-electron chi connectivity index (χ1n) is 11.7. The molecule has 0 fully saturated rings. The lowest BCUT2D eigenvalue weighted by molar-refractivity contribution is -0.143. The van der Waals surface area contributed by atoms with Crippen LogP contribution < -0.4 is 16.6 Å². The van der Waals surface area contributed by atoms with Crippen LogP contribution in [0.5, 0.6) is 0 Å². The summed E-state index contributed by atoms with van der Waals surface area (Å²) in [4.78, 5) is 21.9. The molecule has 0 spiro atoms. The first-order chi connectivity index (χ1) is 18.3. The van der Waals surface area contributed by atoms with Crippen molar-refractivity contribution in [2.75, 3.05) is 11.9 Å². The van der Waals surface area contributed by atoms with Crippen molar-refractivity contribution in [1.29, 1.82) is 0 Å². The van der Waals surface area contributed by atoms with Crippen LogP contribution in [0.1, 0.15) is 16.7 Å². The molecule has 0 aliphatic carbocycles. The number of nitrogens with one attached hydrogen (secondary N) is 1. The molecule has 204 valence electrons. The third kappa shape index (κ3) is 6.45. The summed E-state index contributed by atoms with van der Waals surface area (Å²) in [5.41, 5.74) is 2.49. The van der Waals surface area contributed by atoms with E-state index in [1.807, 2.05) is 30.3 Å². The summed E-state index contributed by atoms with van der Waals surface area (Å²) in [6, 6.07) is 13.0. The zero-order chi connectivity index (χ0) is 28.4. The Labute approximate surface area is 219 Å². The summed E-state index contributed by atoms with van der Waals surface area (Å²) in [6.45, 7) is 0.187. The van der Waals surface area contributed by atoms with Gasteiger partial charge in [-0.3, -0.25) is 14.3 Å². The molecule has 0 radical (unpaired) electrons. The summed E-state index contributed by atoms with van der Waals surface area (Å²) < 4.78 is 82.4. The van der Waals surface area contributed by atoms with Gasteiger partial charge in [0.1, 0.15) is 0 Å². The van der Waals surface area contributed by atoms with Gasteiger partial charge in [0.25, 0.3) is 5.56 Å². The fraction of sp³-hybridized carbons (Fsp3) is 0.222. The molecule has 39 heavy (non-hydrogen) atoms. The number of pyridine rings is 1. The monoisotopic (exact) mass is 547 g/mol. The summed E-state index contributed by atoms with van der Waals surface area (Å²) in [7, 11) is 1.32. The third-order valence-electron chi connectivity index (χ3n) is 5.98. The van der Waals surface area contributed by atoms with Gasteiger partial charge in [-0.1, -0.05) is 30.3 Å². The summed E-state index contributed by atoms with van der Waals surface area (Å²) >= 11 is 0. The highest BCUT2D eigenvalue weighted by atomic mass is 19.4. The molecule has 6 nitrogen and oxygen atoms in total. The number of anilines is 1. The highest BCUT2D eigenvalue weighted by Gasteiger charge is 2.37. The average Bonchev–Trinajstić information content (AvgIpc) is 2.89. The summed E-state index contributed by atoms with van der Waals surface area (Å²) in [5.74, 6) is 0.0436. The van der Waals surface area contributed by atoms with Crippen molar-refractivity contribution < 1.29 is 26.3 Å². The fourth-order valence-electron chi connectivity index (χ4n) is 4.05. The molecule has 0 amide bonds. The molecule has 0 aliphatic rings. The van der Waals surface area contributed by atoms with E-state index in [9.17, 15) is 31.1 Å². The Bertz CT molecular complexity index is 1470. The first kappa shape index (κ1) is 27.8. The molecule has 3 N–H and O–H groups in total. The maximum atomic E-state index is 13.6. The van der Waals surface area contributed by atoms with Gasteiger partial charge in [-0.05, 0) is 47.9 Å². The maximum absolute atomic E-state index is 13.6. The van der Waals surface area contributed by atoms with Crippen LogP contribution >= 0.6 is 0 Å². The van der Waals surface area contributed by atoms with E-state index in [1.165, 1.54) is 31.6 Å². The van der Waals surface area contributed by atoms with Crippen molar-refractivity contribution in [3.05, 3.63) is 100 Å². The maximum Gasteiger partial charge on any atom is 0.416 e. The van der Waals surface area contributed by atoms with Gasteiger partial charge in [0.15, 0.2) is 0 Å². The molecule has 0 aliphatic heterocycles. The van der Waals surface area contributed by atoms with Gasteiger partial charge in [0, 0.05) is 37.6 Å². The highest BCUT2D eigenvalue weighted by Crippen LogP contribution is 2.39. The van der Waals surface area contributed by atoms with Crippen LogP contribution in [0.2, 0.25) is 0 Å². The first-order valence-corrected chi connectivity index (χ1v) is 11.7. The number of nitrogens with zero attached hydrogens (tertiary/aromatic N) is 3. The van der Waals surface area contributed by atoms with Crippen LogP contribution in [0.4, 0.5) is 32.3 Å². The van der Waals surface area contributed by atoms with Gasteiger partial charge in [0.2, 0.25) is 5.95 Å². The molecule has 0 saturated carbocycles. The third-order valence-corrected chi connectivity index (χ3v) is 5.98. The number of alkyl halides is 6. The predicted octanol–water partition coefficient (Wildman–Crippen LogP) is 5.53. The number of benzene rings is 2. The summed E-state index contributed by atoms with van der Waals surface area (Å²) in [6.07, 6.45) is -6.91. The molecule has 2 aromatic heterocycles. The minimum atomic E-state index is -5.08. The van der Waals surface area contributed by atoms with Gasteiger partial charge in [-0.15, -0.1) is 0 Å². The van der Waals surface area contributed by atoms with Crippen LogP contribution in [0.3, 0.4) is 0 Å². The normalized spacial score (nSPS) is 12.8. The number of rotatable bonds is 7. The van der Waals surface area contributed by atoms with Crippen LogP contribution in [-0.4, -0.2) is 27.1 Å². The largest absolute Gasteiger partial charge is 0.416 e. The van der Waals surface area contributed by atoms with Crippen LogP contribution in [0.15, 0.2) is 77.9 Å². The number of hydrogen-bond acceptors (Lipinski definition) is 5. The minimum Gasteiger partial charge on any atom is -0.354 e. The van der Waals surface area contributed by atoms with Crippen molar-refractivity contribution >= 4 is 5.95 Å². The number of nitrogens with two attached hydrogens (primary N) is 1. The van der Waals surface area contributed by atoms with Gasteiger partial charge in [-0.25, -0.2) is 4.98 Å². The second-order valence-corrected chi connectivity index (χ2v) is 8.88. The molecule has 4 aromatic rings. The zero-order valence-corrected chi connectivity index (χ0v) is 20.5. The lowest BCUT2D eigenvalue weighted by Crippen LogP contribution is -2.34. The fourth-order valence-corrected chi connectivity index (χ4v) is 4.05. The summed E-state index contributed by atoms with van der Waals surface area (Å²) in [5, 5.41) is 2.99. The molecule has 0 saturated heterocycles. The van der Waals surface area contributed by atoms with Gasteiger partial charge in [-0.2, -0.15) is 26.3 Å². The Kier molecular flexibility index (Phi) is 7.77. The van der Waals surface area contributed by atoms with Gasteiger partial charge in [0.05, 0.1) is 22.4 Å². The molecule has 2 heterocycles. The Balaban J connectivity index is 1.83. The van der Waals surface area contributed by atoms with Crippen LogP contribution in [0, 0.1) is 0 Å². The van der Waals surface area contributed by atoms with E-state index in [0.29, 0.717) is 18.6 Å². The van der Waals surface area contributed by atoms with Crippen molar-refractivity contribution in [3.63, 3.8) is 0 Å². The minimum absolute atomic E-state index is 0.0115. The average molecular weight is 548 g/mol. The lowest BCUT2D eigenvalue weighted by atomic mass is 9.96. The Morgan fingerprint density at radius 3 is 2.05 bits per heavy atom. The van der Waals surface area contributed by atoms with Crippen LogP contribution in [0.25, 0.3) is 22.4 Å². The lowest BCUT2D eigenvalue weighted by Gasteiger charge is -2.19. The molecule has 0 bridgehead atoms. The van der Waals surface area contributed by atoms with E-state index in [1.54, 1.807) is 0 Å². The number of halogens is 6. The Morgan fingerprint density at radius 2 is 1.49 bits per heavy atom. The smallest absolute Gasteiger partial charge is 0.354 e. The second kappa shape index (κ2) is 10.9. The quantitative estimate of drug-likeness (QED) is 0.297. The Morgan fingerprint density at radius 1 is 0.897 bits per heavy atom. The van der Waals surface area contributed by atoms with E-state index in [4.69, 9.17) is 5.73 Å². The van der Waals surface area contributed by atoms with Crippen molar-refractivity contribution in [2.24, 2.45) is 12.8 Å². The topological polar surface area (TPSA) is 85.8 Å². The van der Waals surface area contributed by atoms with E-state index in [2.05, 4.69) is 15.3 Å². The number of aromatic nitrogens is 3. The van der Waals surface area contributed by atoms with E-state index >= 15 is 0 Å². The van der Waals surface area contributed by atoms with Gasteiger partial charge < -0.3 is 11.1 Å². The number of hydrogen-bond donors (Lipinski definition) is 2. The van der Waals surface area contributed by atoms with Crippen molar-refractivity contribution in [3.8, 4) is 22.4 Å². The van der Waals surface area contributed by atoms with Gasteiger partial charge >= 0.3 is 12.4 Å². The van der Waals surface area contributed by atoms with E-state index in [0.717, 1.165) is 10.1 Å². The molecule has 1 unspecified atom stereocenters. The molecular weight excluding hydrogens is 524 g/mol. The van der Waals surface area contributed by atoms with E-state index in [-0.39, 0.29) is 35.9 Å². The standard InChI is InChI=1S/C27H23F6N5O/c1-38-24(39)22(18-12-19(26(28,29)30)14-20(13-18)27(31,32)33)23(17-7-9-35-10-8-17)37-25(38)36-15-21(34)11-16-5-3-2-4-6-16/h2-10,12-14,21H,11,15,34H2,1H3,(H,36,37). The highest BCUT2D eigenvalue weighted by molar-refractivity contribution is 5.81. The van der Waals surface area contributed by atoms with Crippen molar-refractivity contribution in [1.82, 2.24) is 14.5 Å². The molecule has 4 rings (SSSR count). The van der Waals surface area contributed by atoms with Crippen molar-refractivity contribution in [2.45, 2.75) is 24.8 Å². The molecular formula is C27H23F6N5O. The molecule has 1 atom stereocenters. The van der Waals surface area contributed by atoms with Crippen LogP contribution in [-0.2, 0) is 25.8 Å². The molecule has 12 heteroatoms. The predicted molar refractivity (Wildman–Crippen MR) is 135 cm³/mol. The molecule has 2 aromatic carbocycles. The SMILES string of the molecule is Cn1c(NCC(N)Cc2ccccc2)nc(-c2ccncc2)c(-c2cc(C(F)(F)F)cc(C(F)(F)F)c2)c1=O. The Hall–Kier alpha value is -4.19. The van der Waals surface area contributed by atoms with E-state index < -0.39 is 40.2 Å².